The lowest BCUT2D eigenvalue weighted by Gasteiger charge is -2.23. The van der Waals surface area contributed by atoms with E-state index in [0.29, 0.717) is 12.5 Å². The Kier molecular flexibility index (Phi) is 5.54. The first kappa shape index (κ1) is 16.3. The molecule has 2 fully saturated rings. The molecule has 2 heterocycles. The molecule has 116 valence electrons. The van der Waals surface area contributed by atoms with Crippen LogP contribution in [-0.2, 0) is 18.9 Å². The van der Waals surface area contributed by atoms with E-state index in [4.69, 9.17) is 18.9 Å². The summed E-state index contributed by atoms with van der Waals surface area (Å²) in [5, 5.41) is 0. The maximum absolute atomic E-state index is 6.16. The molecule has 0 aromatic rings. The topological polar surface area (TPSA) is 36.9 Å². The third kappa shape index (κ3) is 3.57. The van der Waals surface area contributed by atoms with Crippen molar-refractivity contribution in [2.75, 3.05) is 19.5 Å². The van der Waals surface area contributed by atoms with Crippen LogP contribution in [0.3, 0.4) is 0 Å². The molecule has 0 spiro atoms. The minimum atomic E-state index is -0.491. The van der Waals surface area contributed by atoms with E-state index in [-0.39, 0.29) is 24.4 Å². The van der Waals surface area contributed by atoms with E-state index in [2.05, 4.69) is 19.2 Å². The molecule has 5 atom stereocenters. The smallest absolute Gasteiger partial charge is 0.163 e. The average molecular weight is 302 g/mol. The fourth-order valence-corrected chi connectivity index (χ4v) is 3.60. The van der Waals surface area contributed by atoms with E-state index >= 15 is 0 Å². The predicted octanol–water partition coefficient (Wildman–Crippen LogP) is 2.43. The monoisotopic (exact) mass is 302 g/mol. The Labute approximate surface area is 127 Å². The number of ether oxygens (including phenoxy) is 4. The molecule has 2 rings (SSSR count). The van der Waals surface area contributed by atoms with Gasteiger partial charge in [0.2, 0.25) is 0 Å². The van der Waals surface area contributed by atoms with Crippen LogP contribution >= 0.6 is 12.6 Å². The van der Waals surface area contributed by atoms with Crippen molar-refractivity contribution in [3.05, 3.63) is 12.7 Å². The second-order valence-corrected chi connectivity index (χ2v) is 6.34. The summed E-state index contributed by atoms with van der Waals surface area (Å²) in [6.45, 7) is 8.29. The zero-order valence-corrected chi connectivity index (χ0v) is 13.5. The maximum atomic E-state index is 6.16. The van der Waals surface area contributed by atoms with Crippen LogP contribution in [0.15, 0.2) is 12.7 Å². The molecule has 0 radical (unpaired) electrons. The van der Waals surface area contributed by atoms with Crippen LogP contribution in [-0.4, -0.2) is 49.7 Å². The second kappa shape index (κ2) is 6.79. The largest absolute Gasteiger partial charge is 0.378 e. The summed E-state index contributed by atoms with van der Waals surface area (Å²) in [5.41, 5.74) is 0. The molecule has 2 aliphatic rings. The SMILES string of the molecule is C=CC[C@@H]1O[C@H](CC2COC(C)(C)O2)[C@H](OC)C1CS. The van der Waals surface area contributed by atoms with Gasteiger partial charge in [-0.05, 0) is 26.0 Å². The molecule has 20 heavy (non-hydrogen) atoms. The van der Waals surface area contributed by atoms with Gasteiger partial charge in [0.15, 0.2) is 5.79 Å². The number of hydrogen-bond acceptors (Lipinski definition) is 5. The molecule has 0 N–H and O–H groups in total. The number of hydrogen-bond donors (Lipinski definition) is 1. The zero-order chi connectivity index (χ0) is 14.8. The molecular weight excluding hydrogens is 276 g/mol. The summed E-state index contributed by atoms with van der Waals surface area (Å²) in [5.74, 6) is 0.553. The molecule has 4 nitrogen and oxygen atoms in total. The lowest BCUT2D eigenvalue weighted by Crippen LogP contribution is -2.34. The van der Waals surface area contributed by atoms with Gasteiger partial charge in [0, 0.05) is 19.4 Å². The maximum Gasteiger partial charge on any atom is 0.163 e. The van der Waals surface area contributed by atoms with Gasteiger partial charge in [-0.25, -0.2) is 0 Å². The molecule has 0 aliphatic carbocycles. The number of methoxy groups -OCH3 is 1. The lowest BCUT2D eigenvalue weighted by atomic mass is 9.94. The van der Waals surface area contributed by atoms with Crippen molar-refractivity contribution in [2.24, 2.45) is 5.92 Å². The molecule has 0 aromatic heterocycles. The fourth-order valence-electron chi connectivity index (χ4n) is 3.16. The van der Waals surface area contributed by atoms with Crippen molar-refractivity contribution in [2.45, 2.75) is 56.9 Å². The van der Waals surface area contributed by atoms with Crippen molar-refractivity contribution in [1.82, 2.24) is 0 Å². The first-order valence-electron chi connectivity index (χ1n) is 7.22. The highest BCUT2D eigenvalue weighted by Crippen LogP contribution is 2.36. The third-order valence-electron chi connectivity index (χ3n) is 4.06. The zero-order valence-electron chi connectivity index (χ0n) is 12.6. The molecule has 0 saturated carbocycles. The highest BCUT2D eigenvalue weighted by atomic mass is 32.1. The summed E-state index contributed by atoms with van der Waals surface area (Å²) in [6.07, 6.45) is 3.81. The molecule has 2 aliphatic heterocycles. The minimum absolute atomic E-state index is 0.0320. The summed E-state index contributed by atoms with van der Waals surface area (Å²) in [7, 11) is 1.74. The Morgan fingerprint density at radius 3 is 2.65 bits per heavy atom. The summed E-state index contributed by atoms with van der Waals surface area (Å²) in [4.78, 5) is 0. The molecule has 5 heteroatoms. The Morgan fingerprint density at radius 1 is 1.40 bits per heavy atom. The van der Waals surface area contributed by atoms with E-state index in [1.54, 1.807) is 7.11 Å². The molecule has 2 saturated heterocycles. The van der Waals surface area contributed by atoms with Gasteiger partial charge in [-0.2, -0.15) is 12.6 Å². The van der Waals surface area contributed by atoms with E-state index < -0.39 is 5.79 Å². The van der Waals surface area contributed by atoms with Crippen molar-refractivity contribution >= 4 is 12.6 Å². The van der Waals surface area contributed by atoms with Gasteiger partial charge in [0.05, 0.1) is 31.0 Å². The molecule has 0 bridgehead atoms. The van der Waals surface area contributed by atoms with E-state index in [1.165, 1.54) is 0 Å². The second-order valence-electron chi connectivity index (χ2n) is 5.97. The van der Waals surface area contributed by atoms with Gasteiger partial charge < -0.3 is 18.9 Å². The van der Waals surface area contributed by atoms with Gasteiger partial charge in [0.1, 0.15) is 0 Å². The van der Waals surface area contributed by atoms with Crippen LogP contribution in [0.5, 0.6) is 0 Å². The van der Waals surface area contributed by atoms with Crippen molar-refractivity contribution in [3.63, 3.8) is 0 Å². The van der Waals surface area contributed by atoms with Crippen LogP contribution in [0.4, 0.5) is 0 Å². The van der Waals surface area contributed by atoms with Gasteiger partial charge in [-0.3, -0.25) is 0 Å². The van der Waals surface area contributed by atoms with Crippen molar-refractivity contribution in [3.8, 4) is 0 Å². The Morgan fingerprint density at radius 2 is 2.15 bits per heavy atom. The van der Waals surface area contributed by atoms with E-state index in [1.807, 2.05) is 19.9 Å². The quantitative estimate of drug-likeness (QED) is 0.604. The highest BCUT2D eigenvalue weighted by molar-refractivity contribution is 7.80. The normalized spacial score (nSPS) is 40.1. The van der Waals surface area contributed by atoms with Crippen LogP contribution in [0.25, 0.3) is 0 Å². The molecule has 2 unspecified atom stereocenters. The summed E-state index contributed by atoms with van der Waals surface area (Å²) >= 11 is 4.45. The van der Waals surface area contributed by atoms with Gasteiger partial charge in [-0.15, -0.1) is 6.58 Å². The van der Waals surface area contributed by atoms with Crippen LogP contribution in [0, 0.1) is 5.92 Å². The van der Waals surface area contributed by atoms with Crippen molar-refractivity contribution < 1.29 is 18.9 Å². The van der Waals surface area contributed by atoms with Crippen LogP contribution in [0.2, 0.25) is 0 Å². The lowest BCUT2D eigenvalue weighted by molar-refractivity contribution is -0.144. The van der Waals surface area contributed by atoms with Crippen molar-refractivity contribution in [1.29, 1.82) is 0 Å². The standard InChI is InChI=1S/C15H26O4S/c1-5-6-12-11(9-20)14(16-4)13(18-12)7-10-8-17-15(2,3)19-10/h5,10-14,20H,1,6-9H2,2-4H3/t10?,11?,12-,13+,14+/m0/s1. The predicted molar refractivity (Wildman–Crippen MR) is 81.1 cm³/mol. The Bertz CT molecular complexity index is 334. The van der Waals surface area contributed by atoms with Crippen LogP contribution < -0.4 is 0 Å². The Hall–Kier alpha value is -0.0700. The van der Waals surface area contributed by atoms with Gasteiger partial charge >= 0.3 is 0 Å². The van der Waals surface area contributed by atoms with Crippen LogP contribution in [0.1, 0.15) is 26.7 Å². The van der Waals surface area contributed by atoms with E-state index in [0.717, 1.165) is 18.6 Å². The number of rotatable bonds is 6. The first-order valence-corrected chi connectivity index (χ1v) is 7.85. The minimum Gasteiger partial charge on any atom is -0.378 e. The summed E-state index contributed by atoms with van der Waals surface area (Å²) < 4.78 is 23.3. The first-order chi connectivity index (χ1) is 9.50. The Balaban J connectivity index is 1.98. The summed E-state index contributed by atoms with van der Waals surface area (Å²) in [6, 6.07) is 0. The highest BCUT2D eigenvalue weighted by Gasteiger charge is 2.45. The van der Waals surface area contributed by atoms with E-state index in [9.17, 15) is 0 Å². The number of thiol groups is 1. The molecular formula is C15H26O4S. The van der Waals surface area contributed by atoms with Gasteiger partial charge in [0.25, 0.3) is 0 Å². The average Bonchev–Trinajstić information content (AvgIpc) is 2.90. The fraction of sp³-hybridized carbons (Fsp3) is 0.867. The molecule has 0 amide bonds. The molecule has 0 aromatic carbocycles. The third-order valence-corrected chi connectivity index (χ3v) is 4.48. The van der Waals surface area contributed by atoms with Gasteiger partial charge in [-0.1, -0.05) is 6.08 Å².